The molecule has 0 aromatic heterocycles. The van der Waals surface area contributed by atoms with Gasteiger partial charge in [0, 0.05) is 30.4 Å². The Labute approximate surface area is 117 Å². The van der Waals surface area contributed by atoms with Gasteiger partial charge >= 0.3 is 0 Å². The number of nitrogens with zero attached hydrogens (tertiary/aromatic N) is 2. The second kappa shape index (κ2) is 6.06. The first-order valence-electron chi connectivity index (χ1n) is 6.45. The summed E-state index contributed by atoms with van der Waals surface area (Å²) >= 11 is 0. The molecule has 0 bridgehead atoms. The molecule has 0 radical (unpaired) electrons. The number of nitrogen functional groups attached to an aromatic ring is 1. The fourth-order valence-corrected chi connectivity index (χ4v) is 2.13. The molecule has 0 aliphatic carbocycles. The number of hydrogen-bond acceptors (Lipinski definition) is 4. The van der Waals surface area contributed by atoms with Gasteiger partial charge in [-0.15, -0.1) is 0 Å². The third-order valence-electron chi connectivity index (χ3n) is 3.23. The summed E-state index contributed by atoms with van der Waals surface area (Å²) in [7, 11) is 0. The summed E-state index contributed by atoms with van der Waals surface area (Å²) in [5.41, 5.74) is 7.94. The molecule has 0 amide bonds. The first-order chi connectivity index (χ1) is 9.63. The highest BCUT2D eigenvalue weighted by atomic mass is 16.6. The Hall–Kier alpha value is -2.56. The molecule has 2 aromatic rings. The molecule has 0 fully saturated rings. The Morgan fingerprint density at radius 3 is 2.45 bits per heavy atom. The summed E-state index contributed by atoms with van der Waals surface area (Å²) < 4.78 is 0. The highest BCUT2D eigenvalue weighted by molar-refractivity contribution is 5.64. The summed E-state index contributed by atoms with van der Waals surface area (Å²) in [6, 6.07) is 14.8. The van der Waals surface area contributed by atoms with Crippen molar-refractivity contribution < 1.29 is 4.92 Å². The molecular formula is C15H17N3O2. The average molecular weight is 271 g/mol. The van der Waals surface area contributed by atoms with E-state index in [2.05, 4.69) is 4.90 Å². The van der Waals surface area contributed by atoms with Crippen LogP contribution in [-0.4, -0.2) is 11.5 Å². The van der Waals surface area contributed by atoms with Crippen molar-refractivity contribution in [3.05, 3.63) is 64.2 Å². The van der Waals surface area contributed by atoms with Gasteiger partial charge in [-0.1, -0.05) is 30.3 Å². The Bertz CT molecular complexity index is 599. The standard InChI is InChI=1S/C15H17N3O2/c1-2-17(13-8-4-3-5-9-13)11-12-7-6-10-14(15(12)16)18(19)20/h3-10H,2,11,16H2,1H3. The van der Waals surface area contributed by atoms with Gasteiger partial charge in [0.25, 0.3) is 5.69 Å². The van der Waals surface area contributed by atoms with Crippen LogP contribution >= 0.6 is 0 Å². The third kappa shape index (κ3) is 2.88. The lowest BCUT2D eigenvalue weighted by atomic mass is 10.1. The smallest absolute Gasteiger partial charge is 0.292 e. The van der Waals surface area contributed by atoms with Crippen molar-refractivity contribution in [3.63, 3.8) is 0 Å². The molecule has 0 unspecified atom stereocenters. The number of anilines is 2. The number of hydrogen-bond donors (Lipinski definition) is 1. The zero-order valence-electron chi connectivity index (χ0n) is 11.3. The zero-order chi connectivity index (χ0) is 14.5. The molecule has 5 nitrogen and oxygen atoms in total. The monoisotopic (exact) mass is 271 g/mol. The Morgan fingerprint density at radius 2 is 1.85 bits per heavy atom. The first kappa shape index (κ1) is 13.9. The van der Waals surface area contributed by atoms with Crippen molar-refractivity contribution in [2.75, 3.05) is 17.2 Å². The van der Waals surface area contributed by atoms with Crippen LogP contribution in [0.4, 0.5) is 17.1 Å². The highest BCUT2D eigenvalue weighted by Gasteiger charge is 2.16. The van der Waals surface area contributed by atoms with E-state index in [9.17, 15) is 10.1 Å². The van der Waals surface area contributed by atoms with E-state index in [1.165, 1.54) is 6.07 Å². The second-order valence-electron chi connectivity index (χ2n) is 4.46. The van der Waals surface area contributed by atoms with Crippen molar-refractivity contribution in [2.45, 2.75) is 13.5 Å². The lowest BCUT2D eigenvalue weighted by Crippen LogP contribution is -2.22. The van der Waals surface area contributed by atoms with Gasteiger partial charge < -0.3 is 10.6 Å². The zero-order valence-corrected chi connectivity index (χ0v) is 11.3. The van der Waals surface area contributed by atoms with Crippen molar-refractivity contribution >= 4 is 17.1 Å². The average Bonchev–Trinajstić information content (AvgIpc) is 2.47. The number of para-hydroxylation sites is 2. The molecule has 0 atom stereocenters. The predicted molar refractivity (Wildman–Crippen MR) is 80.7 cm³/mol. The van der Waals surface area contributed by atoms with Crippen LogP contribution in [-0.2, 0) is 6.54 Å². The van der Waals surface area contributed by atoms with Crippen LogP contribution in [0.5, 0.6) is 0 Å². The largest absolute Gasteiger partial charge is 0.393 e. The second-order valence-corrected chi connectivity index (χ2v) is 4.46. The molecule has 0 aliphatic rings. The van der Waals surface area contributed by atoms with Crippen LogP contribution in [0.2, 0.25) is 0 Å². The number of benzene rings is 2. The van der Waals surface area contributed by atoms with E-state index in [4.69, 9.17) is 5.73 Å². The van der Waals surface area contributed by atoms with Crippen molar-refractivity contribution in [2.24, 2.45) is 0 Å². The number of nitro benzene ring substituents is 1. The van der Waals surface area contributed by atoms with Crippen LogP contribution in [0.3, 0.4) is 0 Å². The van der Waals surface area contributed by atoms with E-state index < -0.39 is 4.92 Å². The maximum atomic E-state index is 10.9. The van der Waals surface area contributed by atoms with Crippen molar-refractivity contribution in [1.29, 1.82) is 0 Å². The van der Waals surface area contributed by atoms with Crippen LogP contribution in [0.15, 0.2) is 48.5 Å². The van der Waals surface area contributed by atoms with E-state index in [1.54, 1.807) is 6.07 Å². The quantitative estimate of drug-likeness (QED) is 0.515. The molecule has 104 valence electrons. The van der Waals surface area contributed by atoms with Gasteiger partial charge in [-0.2, -0.15) is 0 Å². The van der Waals surface area contributed by atoms with Gasteiger partial charge in [0.1, 0.15) is 5.69 Å². The van der Waals surface area contributed by atoms with Crippen LogP contribution in [0, 0.1) is 10.1 Å². The van der Waals surface area contributed by atoms with Gasteiger partial charge in [0.2, 0.25) is 0 Å². The SMILES string of the molecule is CCN(Cc1cccc([N+](=O)[O-])c1N)c1ccccc1. The molecule has 5 heteroatoms. The molecule has 2 rings (SSSR count). The molecular weight excluding hydrogens is 254 g/mol. The van der Waals surface area contributed by atoms with Crippen LogP contribution < -0.4 is 10.6 Å². The molecule has 0 saturated carbocycles. The summed E-state index contributed by atoms with van der Waals surface area (Å²) in [5.74, 6) is 0. The minimum absolute atomic E-state index is 0.0355. The predicted octanol–water partition coefficient (Wildman–Crippen LogP) is 3.20. The molecule has 0 aliphatic heterocycles. The summed E-state index contributed by atoms with van der Waals surface area (Å²) in [6.45, 7) is 3.39. The summed E-state index contributed by atoms with van der Waals surface area (Å²) in [6.07, 6.45) is 0. The Balaban J connectivity index is 2.29. The molecule has 0 heterocycles. The van der Waals surface area contributed by atoms with Gasteiger partial charge in [0.15, 0.2) is 0 Å². The number of rotatable bonds is 5. The van der Waals surface area contributed by atoms with Gasteiger partial charge in [-0.3, -0.25) is 10.1 Å². The van der Waals surface area contributed by atoms with Crippen LogP contribution in [0.1, 0.15) is 12.5 Å². The Morgan fingerprint density at radius 1 is 1.15 bits per heavy atom. The number of nitro groups is 1. The maximum Gasteiger partial charge on any atom is 0.292 e. The van der Waals surface area contributed by atoms with E-state index in [0.717, 1.165) is 17.8 Å². The molecule has 20 heavy (non-hydrogen) atoms. The summed E-state index contributed by atoms with van der Waals surface area (Å²) in [5, 5.41) is 10.9. The molecule has 0 saturated heterocycles. The van der Waals surface area contributed by atoms with Crippen molar-refractivity contribution in [1.82, 2.24) is 0 Å². The fourth-order valence-electron chi connectivity index (χ4n) is 2.13. The van der Waals surface area contributed by atoms with E-state index >= 15 is 0 Å². The molecule has 2 aromatic carbocycles. The minimum Gasteiger partial charge on any atom is -0.393 e. The Kier molecular flexibility index (Phi) is 4.20. The lowest BCUT2D eigenvalue weighted by Gasteiger charge is -2.23. The van der Waals surface area contributed by atoms with Crippen LogP contribution in [0.25, 0.3) is 0 Å². The van der Waals surface area contributed by atoms with Gasteiger partial charge in [-0.25, -0.2) is 0 Å². The van der Waals surface area contributed by atoms with E-state index in [-0.39, 0.29) is 11.4 Å². The van der Waals surface area contributed by atoms with E-state index in [1.807, 2.05) is 43.3 Å². The lowest BCUT2D eigenvalue weighted by molar-refractivity contribution is -0.383. The maximum absolute atomic E-state index is 10.9. The van der Waals surface area contributed by atoms with E-state index in [0.29, 0.717) is 6.54 Å². The van der Waals surface area contributed by atoms with Gasteiger partial charge in [0.05, 0.1) is 4.92 Å². The highest BCUT2D eigenvalue weighted by Crippen LogP contribution is 2.27. The number of nitrogens with two attached hydrogens (primary N) is 1. The normalized spacial score (nSPS) is 10.2. The minimum atomic E-state index is -0.447. The fraction of sp³-hybridized carbons (Fsp3) is 0.200. The van der Waals surface area contributed by atoms with Gasteiger partial charge in [-0.05, 0) is 19.1 Å². The molecule has 0 spiro atoms. The third-order valence-corrected chi connectivity index (χ3v) is 3.23. The first-order valence-corrected chi connectivity index (χ1v) is 6.45. The topological polar surface area (TPSA) is 72.4 Å². The van der Waals surface area contributed by atoms with Crippen molar-refractivity contribution in [3.8, 4) is 0 Å². The molecule has 2 N–H and O–H groups in total. The summed E-state index contributed by atoms with van der Waals surface area (Å²) in [4.78, 5) is 12.6.